The minimum Gasteiger partial charge on any atom is -0.455 e. The summed E-state index contributed by atoms with van der Waals surface area (Å²) in [5, 5.41) is 0. The van der Waals surface area contributed by atoms with Gasteiger partial charge in [0.05, 0.1) is 0 Å². The van der Waals surface area contributed by atoms with Crippen molar-refractivity contribution in [1.82, 2.24) is 0 Å². The van der Waals surface area contributed by atoms with Crippen LogP contribution in [0.4, 0.5) is 0 Å². The molecule has 0 radical (unpaired) electrons. The third-order valence-electron chi connectivity index (χ3n) is 3.02. The molecule has 3 heteroatoms. The zero-order valence-electron chi connectivity index (χ0n) is 11.6. The van der Waals surface area contributed by atoms with Crippen LogP contribution in [0.15, 0.2) is 23.8 Å². The molecule has 0 N–H and O–H groups in total. The van der Waals surface area contributed by atoms with Crippen molar-refractivity contribution in [1.29, 1.82) is 0 Å². The molecule has 0 aromatic heterocycles. The quantitative estimate of drug-likeness (QED) is 0.646. The van der Waals surface area contributed by atoms with Gasteiger partial charge in [0.2, 0.25) is 0 Å². The molecule has 0 saturated carbocycles. The summed E-state index contributed by atoms with van der Waals surface area (Å²) >= 11 is 0. The van der Waals surface area contributed by atoms with Crippen molar-refractivity contribution in [2.75, 3.05) is 0 Å². The molecular formula is C13H26OSi2. The van der Waals surface area contributed by atoms with Crippen LogP contribution < -0.4 is 0 Å². The standard InChI is InChI=1S/C13H26OSi2/c1-7-13(12-10-8-9-11-12)16(5,6)14-15(2,3)4/h8,10-11,13H,7,9H2,1-6H3. The molecule has 0 saturated heterocycles. The highest BCUT2D eigenvalue weighted by atomic mass is 28.4. The molecule has 16 heavy (non-hydrogen) atoms. The summed E-state index contributed by atoms with van der Waals surface area (Å²) in [6.45, 7) is 14.0. The minimum absolute atomic E-state index is 0.665. The van der Waals surface area contributed by atoms with Crippen molar-refractivity contribution in [3.8, 4) is 0 Å². The van der Waals surface area contributed by atoms with Crippen LogP contribution in [0.5, 0.6) is 0 Å². The van der Waals surface area contributed by atoms with Crippen molar-refractivity contribution in [3.05, 3.63) is 23.8 Å². The summed E-state index contributed by atoms with van der Waals surface area (Å²) in [5.41, 5.74) is 2.19. The van der Waals surface area contributed by atoms with E-state index in [1.807, 2.05) is 0 Å². The fraction of sp³-hybridized carbons (Fsp3) is 0.692. The van der Waals surface area contributed by atoms with Crippen LogP contribution in [0, 0.1) is 0 Å². The van der Waals surface area contributed by atoms with Crippen molar-refractivity contribution in [3.63, 3.8) is 0 Å². The first kappa shape index (κ1) is 13.9. The van der Waals surface area contributed by atoms with E-state index >= 15 is 0 Å². The van der Waals surface area contributed by atoms with Crippen molar-refractivity contribution < 1.29 is 4.12 Å². The van der Waals surface area contributed by atoms with Crippen LogP contribution in [0.1, 0.15) is 19.8 Å². The van der Waals surface area contributed by atoms with Crippen molar-refractivity contribution >= 4 is 16.6 Å². The Morgan fingerprint density at radius 2 is 1.88 bits per heavy atom. The van der Waals surface area contributed by atoms with Crippen LogP contribution in [-0.2, 0) is 4.12 Å². The van der Waals surface area contributed by atoms with Crippen LogP contribution in [0.3, 0.4) is 0 Å². The average Bonchev–Trinajstić information content (AvgIpc) is 2.52. The van der Waals surface area contributed by atoms with Gasteiger partial charge in [0.1, 0.15) is 0 Å². The molecule has 0 aliphatic heterocycles. The van der Waals surface area contributed by atoms with Gasteiger partial charge < -0.3 is 4.12 Å². The summed E-state index contributed by atoms with van der Waals surface area (Å²) < 4.78 is 6.49. The van der Waals surface area contributed by atoms with Crippen molar-refractivity contribution in [2.24, 2.45) is 0 Å². The Morgan fingerprint density at radius 3 is 2.25 bits per heavy atom. The maximum atomic E-state index is 6.49. The zero-order chi connectivity index (χ0) is 12.4. The first-order valence-corrected chi connectivity index (χ1v) is 12.7. The van der Waals surface area contributed by atoms with Gasteiger partial charge in [-0.3, -0.25) is 0 Å². The number of hydrogen-bond donors (Lipinski definition) is 0. The predicted octanol–water partition coefficient (Wildman–Crippen LogP) is 4.71. The lowest BCUT2D eigenvalue weighted by Crippen LogP contribution is -2.46. The Morgan fingerprint density at radius 1 is 1.25 bits per heavy atom. The highest BCUT2D eigenvalue weighted by molar-refractivity contribution is 6.85. The molecule has 1 rings (SSSR count). The number of hydrogen-bond acceptors (Lipinski definition) is 1. The largest absolute Gasteiger partial charge is 0.455 e. The maximum Gasteiger partial charge on any atom is 0.180 e. The van der Waals surface area contributed by atoms with Gasteiger partial charge in [0.15, 0.2) is 16.6 Å². The van der Waals surface area contributed by atoms with E-state index < -0.39 is 16.6 Å². The lowest BCUT2D eigenvalue weighted by atomic mass is 10.1. The van der Waals surface area contributed by atoms with Gasteiger partial charge in [-0.25, -0.2) is 0 Å². The van der Waals surface area contributed by atoms with E-state index in [-0.39, 0.29) is 0 Å². The monoisotopic (exact) mass is 254 g/mol. The summed E-state index contributed by atoms with van der Waals surface area (Å²) in [4.78, 5) is 0. The molecule has 0 spiro atoms. The number of allylic oxidation sites excluding steroid dienone is 4. The smallest absolute Gasteiger partial charge is 0.180 e. The second kappa shape index (κ2) is 5.02. The van der Waals surface area contributed by atoms with Crippen LogP contribution in [0.25, 0.3) is 0 Å². The average molecular weight is 255 g/mol. The second-order valence-corrected chi connectivity index (χ2v) is 15.1. The molecule has 1 atom stereocenters. The topological polar surface area (TPSA) is 9.23 Å². The van der Waals surface area contributed by atoms with E-state index in [0.717, 1.165) is 6.42 Å². The summed E-state index contributed by atoms with van der Waals surface area (Å²) in [5.74, 6) is 0. The third-order valence-corrected chi connectivity index (χ3v) is 9.99. The van der Waals surface area contributed by atoms with Gasteiger partial charge in [-0.1, -0.05) is 25.2 Å². The molecular weight excluding hydrogens is 228 g/mol. The first-order valence-electron chi connectivity index (χ1n) is 6.33. The Labute approximate surface area is 103 Å². The maximum absolute atomic E-state index is 6.49. The van der Waals surface area contributed by atoms with Gasteiger partial charge in [0, 0.05) is 5.54 Å². The van der Waals surface area contributed by atoms with E-state index in [4.69, 9.17) is 4.12 Å². The third kappa shape index (κ3) is 3.72. The molecule has 0 aromatic rings. The van der Waals surface area contributed by atoms with Crippen LogP contribution in [-0.4, -0.2) is 16.6 Å². The molecule has 1 aliphatic rings. The highest BCUT2D eigenvalue weighted by Crippen LogP contribution is 2.37. The van der Waals surface area contributed by atoms with Gasteiger partial charge in [-0.15, -0.1) is 0 Å². The van der Waals surface area contributed by atoms with Gasteiger partial charge >= 0.3 is 0 Å². The molecule has 0 amide bonds. The molecule has 1 aliphatic carbocycles. The van der Waals surface area contributed by atoms with Gasteiger partial charge in [0.25, 0.3) is 0 Å². The Bertz CT molecular complexity index is 298. The van der Waals surface area contributed by atoms with Crippen molar-refractivity contribution in [2.45, 2.75) is 58.0 Å². The lowest BCUT2D eigenvalue weighted by molar-refractivity contribution is 0.529. The van der Waals surface area contributed by atoms with Gasteiger partial charge in [-0.05, 0) is 51.1 Å². The summed E-state index contributed by atoms with van der Waals surface area (Å²) in [6.07, 6.45) is 9.26. The molecule has 92 valence electrons. The molecule has 0 aromatic carbocycles. The predicted molar refractivity (Wildman–Crippen MR) is 77.8 cm³/mol. The SMILES string of the molecule is CCC(C1=CCC=C1)[Si](C)(C)O[Si](C)(C)C. The van der Waals surface area contributed by atoms with E-state index in [2.05, 4.69) is 57.9 Å². The van der Waals surface area contributed by atoms with Crippen LogP contribution in [0.2, 0.25) is 38.3 Å². The second-order valence-electron chi connectivity index (χ2n) is 6.12. The molecule has 1 nitrogen and oxygen atoms in total. The fourth-order valence-electron chi connectivity index (χ4n) is 2.72. The van der Waals surface area contributed by atoms with E-state index in [9.17, 15) is 0 Å². The normalized spacial score (nSPS) is 18.8. The van der Waals surface area contributed by atoms with E-state index in [0.29, 0.717) is 5.54 Å². The van der Waals surface area contributed by atoms with E-state index in [1.54, 1.807) is 0 Å². The Kier molecular flexibility index (Phi) is 4.38. The van der Waals surface area contributed by atoms with Crippen LogP contribution >= 0.6 is 0 Å². The summed E-state index contributed by atoms with van der Waals surface area (Å²) in [7, 11) is -3.00. The zero-order valence-corrected chi connectivity index (χ0v) is 13.6. The van der Waals surface area contributed by atoms with E-state index in [1.165, 1.54) is 12.0 Å². The molecule has 0 bridgehead atoms. The Hall–Kier alpha value is -0.126. The molecule has 0 heterocycles. The lowest BCUT2D eigenvalue weighted by Gasteiger charge is -2.38. The Balaban J connectivity index is 2.82. The minimum atomic E-state index is -1.59. The highest BCUT2D eigenvalue weighted by Gasteiger charge is 2.38. The molecule has 1 unspecified atom stereocenters. The molecule has 0 fully saturated rings. The summed E-state index contributed by atoms with van der Waals surface area (Å²) in [6, 6.07) is 0. The van der Waals surface area contributed by atoms with Gasteiger partial charge in [-0.2, -0.15) is 0 Å². The number of rotatable bonds is 5. The fourth-order valence-corrected chi connectivity index (χ4v) is 11.6. The first-order chi connectivity index (χ1) is 7.26.